The van der Waals surface area contributed by atoms with Crippen molar-refractivity contribution in [3.8, 4) is 0 Å². The number of aryl methyl sites for hydroxylation is 2. The van der Waals surface area contributed by atoms with Crippen molar-refractivity contribution in [1.29, 1.82) is 0 Å². The molecule has 0 bridgehead atoms. The molecule has 2 heteroatoms. The molecule has 0 amide bonds. The van der Waals surface area contributed by atoms with Gasteiger partial charge in [-0.2, -0.15) is 0 Å². The van der Waals surface area contributed by atoms with Crippen LogP contribution in [0.15, 0.2) is 42.5 Å². The van der Waals surface area contributed by atoms with Crippen molar-refractivity contribution in [1.82, 2.24) is 0 Å². The standard InChI is InChI=1S/C16H18ClN/c1-12-7-8-13(2)15(9-12)11-18-16-6-4-3-5-14(16)10-17/h3-9,18H,10-11H2,1-2H3. The smallest absolute Gasteiger partial charge is 0.0494 e. The Morgan fingerprint density at radius 1 is 1.00 bits per heavy atom. The zero-order valence-electron chi connectivity index (χ0n) is 10.8. The van der Waals surface area contributed by atoms with Crippen molar-refractivity contribution in [2.75, 3.05) is 5.32 Å². The molecule has 0 unspecified atom stereocenters. The molecule has 1 N–H and O–H groups in total. The molecule has 0 aliphatic rings. The molecule has 0 aliphatic heterocycles. The lowest BCUT2D eigenvalue weighted by molar-refractivity contribution is 1.10. The van der Waals surface area contributed by atoms with Crippen molar-refractivity contribution in [2.45, 2.75) is 26.3 Å². The van der Waals surface area contributed by atoms with Crippen LogP contribution in [0.2, 0.25) is 0 Å². The zero-order valence-corrected chi connectivity index (χ0v) is 11.6. The second-order valence-electron chi connectivity index (χ2n) is 4.57. The Bertz CT molecular complexity index is 534. The van der Waals surface area contributed by atoms with Crippen molar-refractivity contribution >= 4 is 17.3 Å². The van der Waals surface area contributed by atoms with Gasteiger partial charge in [-0.1, -0.05) is 42.0 Å². The average molecular weight is 260 g/mol. The minimum absolute atomic E-state index is 0.538. The predicted molar refractivity (Wildman–Crippen MR) is 79.2 cm³/mol. The largest absolute Gasteiger partial charge is 0.381 e. The second-order valence-corrected chi connectivity index (χ2v) is 4.84. The van der Waals surface area contributed by atoms with Crippen molar-refractivity contribution < 1.29 is 0 Å². The molecule has 2 aromatic carbocycles. The summed E-state index contributed by atoms with van der Waals surface area (Å²) in [6.45, 7) is 5.10. The summed E-state index contributed by atoms with van der Waals surface area (Å²) in [6.07, 6.45) is 0. The molecule has 2 aromatic rings. The summed E-state index contributed by atoms with van der Waals surface area (Å²) in [7, 11) is 0. The third-order valence-corrected chi connectivity index (χ3v) is 3.42. The van der Waals surface area contributed by atoms with E-state index in [1.54, 1.807) is 0 Å². The monoisotopic (exact) mass is 259 g/mol. The Morgan fingerprint density at radius 3 is 2.56 bits per heavy atom. The first-order valence-corrected chi connectivity index (χ1v) is 6.68. The van der Waals surface area contributed by atoms with Gasteiger partial charge in [0.25, 0.3) is 0 Å². The first-order chi connectivity index (χ1) is 8.70. The third-order valence-electron chi connectivity index (χ3n) is 3.14. The van der Waals surface area contributed by atoms with Crippen LogP contribution in [-0.2, 0) is 12.4 Å². The SMILES string of the molecule is Cc1ccc(C)c(CNc2ccccc2CCl)c1. The van der Waals surface area contributed by atoms with Crippen molar-refractivity contribution in [2.24, 2.45) is 0 Å². The van der Waals surface area contributed by atoms with Gasteiger partial charge in [0, 0.05) is 18.1 Å². The van der Waals surface area contributed by atoms with Gasteiger partial charge in [0.15, 0.2) is 0 Å². The first kappa shape index (κ1) is 13.0. The number of para-hydroxylation sites is 1. The fraction of sp³-hybridized carbons (Fsp3) is 0.250. The Balaban J connectivity index is 2.14. The van der Waals surface area contributed by atoms with E-state index in [2.05, 4.69) is 49.5 Å². The fourth-order valence-electron chi connectivity index (χ4n) is 1.99. The molecular formula is C16H18ClN. The highest BCUT2D eigenvalue weighted by Gasteiger charge is 2.02. The number of alkyl halides is 1. The maximum atomic E-state index is 5.93. The number of benzene rings is 2. The Morgan fingerprint density at radius 2 is 1.78 bits per heavy atom. The molecule has 1 nitrogen and oxygen atoms in total. The summed E-state index contributed by atoms with van der Waals surface area (Å²) >= 11 is 5.93. The van der Waals surface area contributed by atoms with Crippen LogP contribution in [0.5, 0.6) is 0 Å². The molecule has 0 aromatic heterocycles. The van der Waals surface area contributed by atoms with Gasteiger partial charge in [0.05, 0.1) is 0 Å². The summed E-state index contributed by atoms with van der Waals surface area (Å²) in [5.41, 5.74) is 6.21. The fourth-order valence-corrected chi connectivity index (χ4v) is 2.22. The number of anilines is 1. The summed E-state index contributed by atoms with van der Waals surface area (Å²) in [5.74, 6) is 0.538. The van der Waals surface area contributed by atoms with Crippen LogP contribution >= 0.6 is 11.6 Å². The number of hydrogen-bond donors (Lipinski definition) is 1. The Hall–Kier alpha value is -1.47. The van der Waals surface area contributed by atoms with Crippen molar-refractivity contribution in [3.05, 3.63) is 64.7 Å². The minimum atomic E-state index is 0.538. The van der Waals surface area contributed by atoms with Crippen LogP contribution in [-0.4, -0.2) is 0 Å². The van der Waals surface area contributed by atoms with Gasteiger partial charge in [0.1, 0.15) is 0 Å². The zero-order chi connectivity index (χ0) is 13.0. The minimum Gasteiger partial charge on any atom is -0.381 e. The molecular weight excluding hydrogens is 242 g/mol. The summed E-state index contributed by atoms with van der Waals surface area (Å²) in [4.78, 5) is 0. The molecule has 0 fully saturated rings. The van der Waals surface area contributed by atoms with Gasteiger partial charge in [0.2, 0.25) is 0 Å². The van der Waals surface area contributed by atoms with Gasteiger partial charge < -0.3 is 5.32 Å². The van der Waals surface area contributed by atoms with Crippen molar-refractivity contribution in [3.63, 3.8) is 0 Å². The highest BCUT2D eigenvalue weighted by Crippen LogP contribution is 2.19. The lowest BCUT2D eigenvalue weighted by atomic mass is 10.1. The van der Waals surface area contributed by atoms with E-state index in [4.69, 9.17) is 11.6 Å². The van der Waals surface area contributed by atoms with E-state index in [0.29, 0.717) is 5.88 Å². The van der Waals surface area contributed by atoms with Gasteiger partial charge in [-0.15, -0.1) is 11.6 Å². The van der Waals surface area contributed by atoms with Gasteiger partial charge in [-0.3, -0.25) is 0 Å². The topological polar surface area (TPSA) is 12.0 Å². The van der Waals surface area contributed by atoms with E-state index in [1.807, 2.05) is 12.1 Å². The average Bonchev–Trinajstić information content (AvgIpc) is 2.40. The van der Waals surface area contributed by atoms with Gasteiger partial charge in [-0.05, 0) is 36.6 Å². The third kappa shape index (κ3) is 3.05. The van der Waals surface area contributed by atoms with E-state index in [1.165, 1.54) is 16.7 Å². The van der Waals surface area contributed by atoms with E-state index in [9.17, 15) is 0 Å². The van der Waals surface area contributed by atoms with Crippen LogP contribution in [0.3, 0.4) is 0 Å². The molecule has 0 heterocycles. The van der Waals surface area contributed by atoms with E-state index in [0.717, 1.165) is 17.8 Å². The Labute approximate surface area is 114 Å². The maximum absolute atomic E-state index is 5.93. The van der Waals surface area contributed by atoms with E-state index >= 15 is 0 Å². The van der Waals surface area contributed by atoms with E-state index < -0.39 is 0 Å². The van der Waals surface area contributed by atoms with Crippen LogP contribution < -0.4 is 5.32 Å². The number of hydrogen-bond acceptors (Lipinski definition) is 1. The lowest BCUT2D eigenvalue weighted by Gasteiger charge is -2.12. The molecule has 94 valence electrons. The van der Waals surface area contributed by atoms with Crippen LogP contribution in [0.1, 0.15) is 22.3 Å². The van der Waals surface area contributed by atoms with Gasteiger partial charge >= 0.3 is 0 Å². The number of nitrogens with one attached hydrogen (secondary N) is 1. The highest BCUT2D eigenvalue weighted by atomic mass is 35.5. The molecule has 0 aliphatic carbocycles. The molecule has 0 saturated heterocycles. The normalized spacial score (nSPS) is 10.4. The van der Waals surface area contributed by atoms with Crippen LogP contribution in [0, 0.1) is 13.8 Å². The molecule has 18 heavy (non-hydrogen) atoms. The predicted octanol–water partition coefficient (Wildman–Crippen LogP) is 4.65. The summed E-state index contributed by atoms with van der Waals surface area (Å²) in [5, 5.41) is 3.46. The number of halogens is 1. The first-order valence-electron chi connectivity index (χ1n) is 6.14. The molecule has 0 saturated carbocycles. The summed E-state index contributed by atoms with van der Waals surface area (Å²) < 4.78 is 0. The Kier molecular flexibility index (Phi) is 4.27. The van der Waals surface area contributed by atoms with Crippen LogP contribution in [0.25, 0.3) is 0 Å². The second kappa shape index (κ2) is 5.92. The maximum Gasteiger partial charge on any atom is 0.0494 e. The summed E-state index contributed by atoms with van der Waals surface area (Å²) in [6, 6.07) is 14.7. The lowest BCUT2D eigenvalue weighted by Crippen LogP contribution is -2.03. The number of rotatable bonds is 4. The highest BCUT2D eigenvalue weighted by molar-refractivity contribution is 6.17. The molecule has 0 spiro atoms. The quantitative estimate of drug-likeness (QED) is 0.788. The van der Waals surface area contributed by atoms with Crippen LogP contribution in [0.4, 0.5) is 5.69 Å². The molecule has 2 rings (SSSR count). The molecule has 0 radical (unpaired) electrons. The van der Waals surface area contributed by atoms with Gasteiger partial charge in [-0.25, -0.2) is 0 Å². The molecule has 0 atom stereocenters. The van der Waals surface area contributed by atoms with E-state index in [-0.39, 0.29) is 0 Å².